The van der Waals surface area contributed by atoms with Crippen LogP contribution in [0.1, 0.15) is 26.7 Å². The molecular weight excluding hydrogens is 200 g/mol. The molecule has 1 aliphatic carbocycles. The first kappa shape index (κ1) is 10.6. The minimum atomic E-state index is 0.159. The predicted octanol–water partition coefficient (Wildman–Crippen LogP) is 1.10. The van der Waals surface area contributed by atoms with E-state index < -0.39 is 0 Å². The molecule has 3 saturated heterocycles. The molecule has 1 N–H and O–H groups in total. The highest BCUT2D eigenvalue weighted by molar-refractivity contribution is 5.78. The molecule has 0 spiro atoms. The highest BCUT2D eigenvalue weighted by Crippen LogP contribution is 2.45. The lowest BCUT2D eigenvalue weighted by atomic mass is 9.66. The minimum absolute atomic E-state index is 0.159. The lowest BCUT2D eigenvalue weighted by molar-refractivity contribution is -0.147. The average Bonchev–Trinajstić information content (AvgIpc) is 2.78. The van der Waals surface area contributed by atoms with Gasteiger partial charge in [-0.2, -0.15) is 0 Å². The predicted molar refractivity (Wildman–Crippen MR) is 62.9 cm³/mol. The van der Waals surface area contributed by atoms with Gasteiger partial charge >= 0.3 is 0 Å². The first-order valence-electron chi connectivity index (χ1n) is 6.69. The second-order valence-corrected chi connectivity index (χ2v) is 6.04. The van der Waals surface area contributed by atoms with E-state index in [9.17, 15) is 4.79 Å². The number of nitrogens with zero attached hydrogens (tertiary/aromatic N) is 1. The van der Waals surface area contributed by atoms with Crippen molar-refractivity contribution in [3.05, 3.63) is 0 Å². The van der Waals surface area contributed by atoms with Gasteiger partial charge in [0.25, 0.3) is 0 Å². The number of hydrogen-bond acceptors (Lipinski definition) is 2. The lowest BCUT2D eigenvalue weighted by Gasteiger charge is -2.52. The number of amides is 1. The van der Waals surface area contributed by atoms with Crippen molar-refractivity contribution >= 4 is 5.91 Å². The van der Waals surface area contributed by atoms with Crippen molar-refractivity contribution in [1.29, 1.82) is 0 Å². The molecule has 16 heavy (non-hydrogen) atoms. The Bertz CT molecular complexity index is 302. The normalized spacial score (nSPS) is 41.6. The van der Waals surface area contributed by atoms with Crippen LogP contribution in [-0.4, -0.2) is 36.5 Å². The molecule has 0 unspecified atom stereocenters. The summed E-state index contributed by atoms with van der Waals surface area (Å²) in [6, 6.07) is 0.542. The summed E-state index contributed by atoms with van der Waals surface area (Å²) in [5.74, 6) is 2.91. The van der Waals surface area contributed by atoms with Crippen LogP contribution in [0.5, 0.6) is 0 Å². The van der Waals surface area contributed by atoms with Gasteiger partial charge in [-0.1, -0.05) is 13.8 Å². The lowest BCUT2D eigenvalue weighted by Crippen LogP contribution is -2.59. The van der Waals surface area contributed by atoms with E-state index in [1.54, 1.807) is 0 Å². The van der Waals surface area contributed by atoms with Gasteiger partial charge in [-0.05, 0) is 37.1 Å². The van der Waals surface area contributed by atoms with Crippen LogP contribution in [0.15, 0.2) is 0 Å². The van der Waals surface area contributed by atoms with Crippen LogP contribution in [0, 0.1) is 23.7 Å². The monoisotopic (exact) mass is 222 g/mol. The third kappa shape index (κ3) is 1.41. The first-order chi connectivity index (χ1) is 7.68. The fourth-order valence-electron chi connectivity index (χ4n) is 4.06. The first-order valence-corrected chi connectivity index (χ1v) is 6.69. The molecular formula is C13H22N2O. The molecule has 4 atom stereocenters. The second-order valence-electron chi connectivity index (χ2n) is 6.04. The molecule has 3 aliphatic heterocycles. The molecule has 4 aliphatic rings. The summed E-state index contributed by atoms with van der Waals surface area (Å²) >= 11 is 0. The van der Waals surface area contributed by atoms with Gasteiger partial charge in [-0.25, -0.2) is 0 Å². The molecule has 1 amide bonds. The van der Waals surface area contributed by atoms with Gasteiger partial charge in [0.15, 0.2) is 0 Å². The van der Waals surface area contributed by atoms with E-state index in [-0.39, 0.29) is 5.92 Å². The molecule has 0 aromatic heterocycles. The number of carbonyl (C=O) groups excluding carboxylic acids is 1. The van der Waals surface area contributed by atoms with Crippen molar-refractivity contribution < 1.29 is 4.79 Å². The van der Waals surface area contributed by atoms with E-state index in [4.69, 9.17) is 0 Å². The molecule has 3 nitrogen and oxygen atoms in total. The van der Waals surface area contributed by atoms with Crippen LogP contribution in [0.3, 0.4) is 0 Å². The maximum atomic E-state index is 12.2. The molecule has 0 radical (unpaired) electrons. The third-order valence-corrected chi connectivity index (χ3v) is 4.85. The molecule has 3 heterocycles. The molecule has 3 heteroatoms. The minimum Gasteiger partial charge on any atom is -0.339 e. The molecule has 90 valence electrons. The number of nitrogens with one attached hydrogen (secondary N) is 1. The van der Waals surface area contributed by atoms with Gasteiger partial charge in [-0.3, -0.25) is 4.79 Å². The number of carbonyl (C=O) groups is 1. The Balaban J connectivity index is 1.82. The molecule has 4 fully saturated rings. The van der Waals surface area contributed by atoms with Crippen molar-refractivity contribution in [2.45, 2.75) is 32.7 Å². The summed E-state index contributed by atoms with van der Waals surface area (Å²) in [4.78, 5) is 14.4. The molecule has 0 aromatic carbocycles. The van der Waals surface area contributed by atoms with Crippen molar-refractivity contribution in [3.63, 3.8) is 0 Å². The van der Waals surface area contributed by atoms with Crippen LogP contribution >= 0.6 is 0 Å². The van der Waals surface area contributed by atoms with Gasteiger partial charge in [-0.15, -0.1) is 0 Å². The second kappa shape index (κ2) is 3.73. The van der Waals surface area contributed by atoms with Gasteiger partial charge in [0.1, 0.15) is 0 Å². The van der Waals surface area contributed by atoms with E-state index >= 15 is 0 Å². The fourth-order valence-corrected chi connectivity index (χ4v) is 4.06. The van der Waals surface area contributed by atoms with Crippen LogP contribution < -0.4 is 5.32 Å². The molecule has 2 bridgehead atoms. The van der Waals surface area contributed by atoms with E-state index in [0.717, 1.165) is 30.8 Å². The molecule has 4 rings (SSSR count). The van der Waals surface area contributed by atoms with Gasteiger partial charge in [0.2, 0.25) is 5.91 Å². The summed E-state index contributed by atoms with van der Waals surface area (Å²) in [6.07, 6.45) is 2.58. The summed E-state index contributed by atoms with van der Waals surface area (Å²) in [7, 11) is 0. The maximum absolute atomic E-state index is 12.2. The van der Waals surface area contributed by atoms with Gasteiger partial charge < -0.3 is 10.2 Å². The SMILES string of the molecule is CC(C)C(=O)N1C[C@H]2CC[C@H]1[C@H]1CNC[C@@H]21. The van der Waals surface area contributed by atoms with Crippen molar-refractivity contribution in [3.8, 4) is 0 Å². The Morgan fingerprint density at radius 3 is 2.75 bits per heavy atom. The van der Waals surface area contributed by atoms with Crippen molar-refractivity contribution in [2.24, 2.45) is 23.7 Å². The number of piperidine rings is 2. The summed E-state index contributed by atoms with van der Waals surface area (Å²) in [5, 5.41) is 3.52. The Labute approximate surface area is 97.6 Å². The Hall–Kier alpha value is -0.570. The van der Waals surface area contributed by atoms with Crippen molar-refractivity contribution in [1.82, 2.24) is 10.2 Å². The topological polar surface area (TPSA) is 32.3 Å². The van der Waals surface area contributed by atoms with Crippen LogP contribution in [-0.2, 0) is 4.79 Å². The van der Waals surface area contributed by atoms with Crippen LogP contribution in [0.2, 0.25) is 0 Å². The van der Waals surface area contributed by atoms with E-state index in [1.807, 2.05) is 13.8 Å². The largest absolute Gasteiger partial charge is 0.339 e. The number of rotatable bonds is 1. The number of hydrogen-bond donors (Lipinski definition) is 1. The summed E-state index contributed by atoms with van der Waals surface area (Å²) in [5.41, 5.74) is 0. The zero-order valence-electron chi connectivity index (χ0n) is 10.3. The maximum Gasteiger partial charge on any atom is 0.225 e. The fraction of sp³-hybridized carbons (Fsp3) is 0.923. The van der Waals surface area contributed by atoms with Crippen molar-refractivity contribution in [2.75, 3.05) is 19.6 Å². The summed E-state index contributed by atoms with van der Waals surface area (Å²) < 4.78 is 0. The van der Waals surface area contributed by atoms with E-state index in [1.165, 1.54) is 19.4 Å². The Morgan fingerprint density at radius 2 is 2.00 bits per heavy atom. The Kier molecular flexibility index (Phi) is 2.46. The number of fused-ring (bicyclic) bond motifs is 2. The zero-order valence-corrected chi connectivity index (χ0v) is 10.3. The quantitative estimate of drug-likeness (QED) is 0.720. The molecule has 0 aromatic rings. The average molecular weight is 222 g/mol. The van der Waals surface area contributed by atoms with Gasteiger partial charge in [0, 0.05) is 25.0 Å². The van der Waals surface area contributed by atoms with Crippen LogP contribution in [0.25, 0.3) is 0 Å². The highest BCUT2D eigenvalue weighted by Gasteiger charge is 2.50. The highest BCUT2D eigenvalue weighted by atomic mass is 16.2. The zero-order chi connectivity index (χ0) is 11.3. The van der Waals surface area contributed by atoms with Gasteiger partial charge in [0.05, 0.1) is 0 Å². The third-order valence-electron chi connectivity index (χ3n) is 4.85. The molecule has 1 saturated carbocycles. The Morgan fingerprint density at radius 1 is 1.25 bits per heavy atom. The van der Waals surface area contributed by atoms with E-state index in [2.05, 4.69) is 10.2 Å². The smallest absolute Gasteiger partial charge is 0.225 e. The van der Waals surface area contributed by atoms with E-state index in [0.29, 0.717) is 11.9 Å². The summed E-state index contributed by atoms with van der Waals surface area (Å²) in [6.45, 7) is 7.40. The standard InChI is InChI=1S/C13H22N2O/c1-8(2)13(16)15-7-9-3-4-12(15)11-6-14-5-10(9)11/h8-12,14H,3-7H2,1-2H3/t9-,10+,11+,12+/m1/s1. The van der Waals surface area contributed by atoms with Crippen LogP contribution in [0.4, 0.5) is 0 Å².